The molecule has 2 N–H and O–H groups in total. The van der Waals surface area contributed by atoms with E-state index in [-0.39, 0.29) is 16.1 Å². The number of nitrogens with one attached hydrogen (secondary N) is 1. The number of anilines is 2. The molecule has 0 radical (unpaired) electrons. The Morgan fingerprint density at radius 2 is 1.79 bits per heavy atom. The molecule has 148 valence electrons. The van der Waals surface area contributed by atoms with Crippen molar-refractivity contribution in [1.29, 1.82) is 0 Å². The first-order chi connectivity index (χ1) is 13.4. The maximum Gasteiger partial charge on any atom is 0.337 e. The number of carboxylic acids is 1. The minimum atomic E-state index is -3.86. The van der Waals surface area contributed by atoms with Gasteiger partial charge in [-0.3, -0.25) is 4.72 Å². The Kier molecular flexibility index (Phi) is 5.25. The van der Waals surface area contributed by atoms with Crippen LogP contribution in [0.2, 0.25) is 0 Å². The second-order valence-corrected chi connectivity index (χ2v) is 9.93. The van der Waals surface area contributed by atoms with Gasteiger partial charge in [-0.25, -0.2) is 13.2 Å². The van der Waals surface area contributed by atoms with E-state index in [4.69, 9.17) is 0 Å². The summed E-state index contributed by atoms with van der Waals surface area (Å²) in [6.07, 6.45) is 2.89. The van der Waals surface area contributed by atoms with Gasteiger partial charge in [0.25, 0.3) is 10.0 Å². The monoisotopic (exact) mass is 418 g/mol. The Hall–Kier alpha value is -2.19. The first-order valence-electron chi connectivity index (χ1n) is 9.29. The number of carboxylic acid groups (broad SMARTS) is 1. The van der Waals surface area contributed by atoms with Gasteiger partial charge < -0.3 is 10.0 Å². The first kappa shape index (κ1) is 19.1. The Labute approximate surface area is 169 Å². The maximum atomic E-state index is 12.8. The number of carbonyl (C=O) groups is 1. The minimum absolute atomic E-state index is 0.0412. The van der Waals surface area contributed by atoms with Crippen LogP contribution in [0.25, 0.3) is 0 Å². The number of fused-ring (bicyclic) bond motifs is 1. The topological polar surface area (TPSA) is 86.7 Å². The normalized spacial score (nSPS) is 16.6. The third kappa shape index (κ3) is 3.84. The quantitative estimate of drug-likeness (QED) is 0.775. The van der Waals surface area contributed by atoms with Crippen LogP contribution in [-0.4, -0.2) is 44.1 Å². The van der Waals surface area contributed by atoms with E-state index in [2.05, 4.69) is 9.62 Å². The highest BCUT2D eigenvalue weighted by atomic mass is 32.2. The molecule has 1 fully saturated rings. The van der Waals surface area contributed by atoms with Crippen molar-refractivity contribution in [2.45, 2.75) is 24.2 Å². The van der Waals surface area contributed by atoms with E-state index in [1.54, 1.807) is 30.3 Å². The number of hydrogen-bond donors (Lipinski definition) is 2. The molecular formula is C20H22N2O4S2. The van der Waals surface area contributed by atoms with Crippen molar-refractivity contribution in [3.63, 3.8) is 0 Å². The van der Waals surface area contributed by atoms with Gasteiger partial charge in [0.2, 0.25) is 0 Å². The Morgan fingerprint density at radius 3 is 2.54 bits per heavy atom. The largest absolute Gasteiger partial charge is 0.478 e. The molecule has 4 rings (SSSR count). The molecule has 0 atom stereocenters. The van der Waals surface area contributed by atoms with Crippen LogP contribution in [0.15, 0.2) is 41.3 Å². The van der Waals surface area contributed by atoms with Gasteiger partial charge in [0.1, 0.15) is 0 Å². The average molecular weight is 419 g/mol. The molecule has 0 unspecified atom stereocenters. The number of aromatic carboxylic acids is 1. The Bertz CT molecular complexity index is 1010. The van der Waals surface area contributed by atoms with E-state index in [9.17, 15) is 18.3 Å². The highest BCUT2D eigenvalue weighted by Crippen LogP contribution is 2.29. The second-order valence-electron chi connectivity index (χ2n) is 7.02. The highest BCUT2D eigenvalue weighted by Gasteiger charge is 2.22. The Balaban J connectivity index is 1.63. The van der Waals surface area contributed by atoms with Crippen molar-refractivity contribution in [2.24, 2.45) is 0 Å². The molecule has 28 heavy (non-hydrogen) atoms. The van der Waals surface area contributed by atoms with E-state index in [0.29, 0.717) is 0 Å². The number of sulfonamides is 1. The van der Waals surface area contributed by atoms with E-state index in [1.807, 2.05) is 17.8 Å². The molecular weight excluding hydrogens is 396 g/mol. The second kappa shape index (κ2) is 7.67. The lowest BCUT2D eigenvalue weighted by Crippen LogP contribution is -2.32. The number of rotatable bonds is 5. The SMILES string of the molecule is O=C(O)c1cc(N2CCSCC2)ccc1NS(=O)(=O)c1ccc2c(c1)CCC2. The zero-order valence-electron chi connectivity index (χ0n) is 15.3. The van der Waals surface area contributed by atoms with Crippen molar-refractivity contribution in [3.8, 4) is 0 Å². The summed E-state index contributed by atoms with van der Waals surface area (Å²) in [5.41, 5.74) is 3.09. The summed E-state index contributed by atoms with van der Waals surface area (Å²) in [4.78, 5) is 14.1. The fraction of sp³-hybridized carbons (Fsp3) is 0.350. The molecule has 1 aliphatic carbocycles. The van der Waals surface area contributed by atoms with Gasteiger partial charge in [-0.2, -0.15) is 11.8 Å². The molecule has 1 aliphatic heterocycles. The van der Waals surface area contributed by atoms with Gasteiger partial charge in [-0.05, 0) is 60.7 Å². The zero-order chi connectivity index (χ0) is 19.7. The molecule has 2 aromatic carbocycles. The third-order valence-corrected chi connectivity index (χ3v) is 7.54. The molecule has 1 heterocycles. The van der Waals surface area contributed by atoms with Gasteiger partial charge in [0, 0.05) is 30.3 Å². The highest BCUT2D eigenvalue weighted by molar-refractivity contribution is 7.99. The van der Waals surface area contributed by atoms with Crippen LogP contribution in [0.1, 0.15) is 27.9 Å². The summed E-state index contributed by atoms with van der Waals surface area (Å²) in [7, 11) is -3.86. The van der Waals surface area contributed by atoms with E-state index >= 15 is 0 Å². The summed E-state index contributed by atoms with van der Waals surface area (Å²) in [6.45, 7) is 1.70. The summed E-state index contributed by atoms with van der Waals surface area (Å²) >= 11 is 1.87. The molecule has 0 saturated carbocycles. The molecule has 0 amide bonds. The number of nitrogens with zero attached hydrogens (tertiary/aromatic N) is 1. The maximum absolute atomic E-state index is 12.8. The third-order valence-electron chi connectivity index (χ3n) is 5.23. The lowest BCUT2D eigenvalue weighted by Gasteiger charge is -2.29. The van der Waals surface area contributed by atoms with Crippen molar-refractivity contribution >= 4 is 39.1 Å². The van der Waals surface area contributed by atoms with Crippen molar-refractivity contribution in [2.75, 3.05) is 34.2 Å². The van der Waals surface area contributed by atoms with Crippen molar-refractivity contribution < 1.29 is 18.3 Å². The fourth-order valence-electron chi connectivity index (χ4n) is 3.74. The lowest BCUT2D eigenvalue weighted by molar-refractivity contribution is 0.0698. The average Bonchev–Trinajstić information content (AvgIpc) is 3.16. The predicted molar refractivity (Wildman–Crippen MR) is 112 cm³/mol. The molecule has 0 aromatic heterocycles. The van der Waals surface area contributed by atoms with E-state index in [0.717, 1.165) is 55.1 Å². The number of hydrogen-bond acceptors (Lipinski definition) is 5. The molecule has 0 spiro atoms. The first-order valence-corrected chi connectivity index (χ1v) is 11.9. The van der Waals surface area contributed by atoms with Crippen LogP contribution in [0, 0.1) is 0 Å². The van der Waals surface area contributed by atoms with Gasteiger partial charge >= 0.3 is 5.97 Å². The van der Waals surface area contributed by atoms with Crippen LogP contribution in [0.3, 0.4) is 0 Å². The van der Waals surface area contributed by atoms with Gasteiger partial charge in [0.05, 0.1) is 16.1 Å². The van der Waals surface area contributed by atoms with Crippen molar-refractivity contribution in [1.82, 2.24) is 0 Å². The van der Waals surface area contributed by atoms with Crippen LogP contribution in [0.5, 0.6) is 0 Å². The van der Waals surface area contributed by atoms with Gasteiger partial charge in [0.15, 0.2) is 0 Å². The smallest absolute Gasteiger partial charge is 0.337 e. The number of aryl methyl sites for hydroxylation is 2. The molecule has 8 heteroatoms. The minimum Gasteiger partial charge on any atom is -0.478 e. The van der Waals surface area contributed by atoms with Crippen LogP contribution >= 0.6 is 11.8 Å². The Morgan fingerprint density at radius 1 is 1.04 bits per heavy atom. The summed E-state index contributed by atoms with van der Waals surface area (Å²) in [5, 5.41) is 9.63. The lowest BCUT2D eigenvalue weighted by atomic mass is 10.1. The zero-order valence-corrected chi connectivity index (χ0v) is 17.0. The molecule has 6 nitrogen and oxygen atoms in total. The van der Waals surface area contributed by atoms with Gasteiger partial charge in [-0.15, -0.1) is 0 Å². The number of benzene rings is 2. The fourth-order valence-corrected chi connectivity index (χ4v) is 5.77. The predicted octanol–water partition coefficient (Wildman–Crippen LogP) is 3.23. The molecule has 2 aromatic rings. The van der Waals surface area contributed by atoms with Crippen LogP contribution in [-0.2, 0) is 22.9 Å². The number of thioether (sulfide) groups is 1. The molecule has 0 bridgehead atoms. The van der Waals surface area contributed by atoms with Crippen LogP contribution < -0.4 is 9.62 Å². The standard InChI is InChI=1S/C20H22N2O4S2/c23-20(24)18-13-16(22-8-10-27-11-9-22)5-7-19(18)21-28(25,26)17-6-4-14-2-1-3-15(14)12-17/h4-7,12-13,21H,1-3,8-11H2,(H,23,24). The molecule has 2 aliphatic rings. The van der Waals surface area contributed by atoms with E-state index in [1.165, 1.54) is 5.56 Å². The summed E-state index contributed by atoms with van der Waals surface area (Å²) in [6, 6.07) is 10.0. The van der Waals surface area contributed by atoms with E-state index < -0.39 is 16.0 Å². The van der Waals surface area contributed by atoms with Crippen LogP contribution in [0.4, 0.5) is 11.4 Å². The van der Waals surface area contributed by atoms with Crippen molar-refractivity contribution in [3.05, 3.63) is 53.1 Å². The summed E-state index contributed by atoms with van der Waals surface area (Å²) < 4.78 is 28.2. The van der Waals surface area contributed by atoms with Gasteiger partial charge in [-0.1, -0.05) is 6.07 Å². The molecule has 1 saturated heterocycles. The summed E-state index contributed by atoms with van der Waals surface area (Å²) in [5.74, 6) is 0.837.